The van der Waals surface area contributed by atoms with Crippen LogP contribution >= 0.6 is 0 Å². The standard InChI is InChI=1S/C36H38N2O2.ClH/c1-8-38-32-20-34-31(19-30(32)24(4)21-36(38,5)6)35(28-15-9-22(2)17-23(28)3)29-16-12-26(18-33(29)40-34)37(7)25-10-13-27(39)14-11-25;/h9-20,24H,8,21H2,1-7H3;1H. The lowest BCUT2D eigenvalue weighted by Gasteiger charge is -2.47. The van der Waals surface area contributed by atoms with Crippen LogP contribution in [0.5, 0.6) is 5.75 Å². The molecule has 0 radical (unpaired) electrons. The Morgan fingerprint density at radius 3 is 2.34 bits per heavy atom. The average Bonchev–Trinajstić information content (AvgIpc) is 2.91. The van der Waals surface area contributed by atoms with Crippen LogP contribution in [-0.4, -0.2) is 24.2 Å². The second kappa shape index (κ2) is 10.6. The van der Waals surface area contributed by atoms with Crippen molar-refractivity contribution in [2.45, 2.75) is 59.4 Å². The maximum absolute atomic E-state index is 9.76. The molecule has 1 aliphatic carbocycles. The fourth-order valence-corrected chi connectivity index (χ4v) is 6.87. The molecule has 212 valence electrons. The number of nitrogens with zero attached hydrogens (tertiary/aromatic N) is 2. The molecule has 1 N–H and O–H groups in total. The van der Waals surface area contributed by atoms with Crippen LogP contribution in [0.2, 0.25) is 0 Å². The van der Waals surface area contributed by atoms with Gasteiger partial charge in [-0.2, -0.15) is 4.58 Å². The predicted molar refractivity (Wildman–Crippen MR) is 167 cm³/mol. The molecular weight excluding hydrogens is 528 g/mol. The number of anilines is 1. The van der Waals surface area contributed by atoms with Crippen molar-refractivity contribution < 1.29 is 21.9 Å². The van der Waals surface area contributed by atoms with Crippen molar-refractivity contribution in [1.29, 1.82) is 0 Å². The Hall–Kier alpha value is -3.76. The number of hydrogen-bond acceptors (Lipinski definition) is 3. The Kier molecular flexibility index (Phi) is 7.42. The van der Waals surface area contributed by atoms with Gasteiger partial charge in [0.15, 0.2) is 0 Å². The summed E-state index contributed by atoms with van der Waals surface area (Å²) in [5, 5.41) is 12.0. The first-order chi connectivity index (χ1) is 19.1. The van der Waals surface area contributed by atoms with Crippen LogP contribution in [-0.2, 0) is 0 Å². The first-order valence-corrected chi connectivity index (χ1v) is 14.3. The van der Waals surface area contributed by atoms with Gasteiger partial charge in [0.2, 0.25) is 11.0 Å². The van der Waals surface area contributed by atoms with E-state index in [0.717, 1.165) is 40.9 Å². The van der Waals surface area contributed by atoms with Gasteiger partial charge in [-0.1, -0.05) is 30.7 Å². The molecule has 1 unspecified atom stereocenters. The van der Waals surface area contributed by atoms with E-state index in [0.29, 0.717) is 5.92 Å². The minimum Gasteiger partial charge on any atom is -1.00 e. The summed E-state index contributed by atoms with van der Waals surface area (Å²) in [5.41, 5.74) is 10.8. The average molecular weight is 567 g/mol. The molecule has 0 bridgehead atoms. The molecule has 3 aliphatic rings. The number of hydrogen-bond donors (Lipinski definition) is 1. The number of aryl methyl sites for hydroxylation is 2. The number of fused-ring (bicyclic) bond motifs is 3. The van der Waals surface area contributed by atoms with Crippen LogP contribution in [0.1, 0.15) is 56.7 Å². The zero-order valence-electron chi connectivity index (χ0n) is 25.0. The van der Waals surface area contributed by atoms with Gasteiger partial charge in [0, 0.05) is 58.5 Å². The maximum Gasteiger partial charge on any atom is 0.209 e. The summed E-state index contributed by atoms with van der Waals surface area (Å²) >= 11 is 0. The van der Waals surface area contributed by atoms with Gasteiger partial charge in [0.1, 0.15) is 24.1 Å². The maximum atomic E-state index is 9.76. The number of halogens is 1. The zero-order chi connectivity index (χ0) is 28.3. The van der Waals surface area contributed by atoms with E-state index in [4.69, 9.17) is 4.42 Å². The highest BCUT2D eigenvalue weighted by molar-refractivity contribution is 6.04. The van der Waals surface area contributed by atoms with Crippen LogP contribution in [0.15, 0.2) is 77.2 Å². The van der Waals surface area contributed by atoms with E-state index < -0.39 is 0 Å². The van der Waals surface area contributed by atoms with Crippen molar-refractivity contribution in [1.82, 2.24) is 4.58 Å². The van der Waals surface area contributed by atoms with Gasteiger partial charge in [0.05, 0.1) is 6.07 Å². The first kappa shape index (κ1) is 28.8. The van der Waals surface area contributed by atoms with Gasteiger partial charge < -0.3 is 26.8 Å². The Morgan fingerprint density at radius 2 is 1.66 bits per heavy atom. The zero-order valence-corrected chi connectivity index (χ0v) is 25.8. The molecule has 41 heavy (non-hydrogen) atoms. The van der Waals surface area contributed by atoms with Gasteiger partial charge in [-0.15, -0.1) is 0 Å². The summed E-state index contributed by atoms with van der Waals surface area (Å²) < 4.78 is 8.90. The van der Waals surface area contributed by atoms with Crippen LogP contribution in [0.3, 0.4) is 0 Å². The molecule has 2 heterocycles. The van der Waals surface area contributed by atoms with Crippen LogP contribution in [0, 0.1) is 13.8 Å². The van der Waals surface area contributed by atoms with Crippen molar-refractivity contribution in [3.63, 3.8) is 0 Å². The van der Waals surface area contributed by atoms with Gasteiger partial charge in [-0.05, 0) is 87.9 Å². The molecule has 0 saturated carbocycles. The summed E-state index contributed by atoms with van der Waals surface area (Å²) in [5.74, 6) is 1.58. The molecule has 6 rings (SSSR count). The first-order valence-electron chi connectivity index (χ1n) is 14.3. The smallest absolute Gasteiger partial charge is 0.209 e. The Balaban J connectivity index is 0.00000337. The van der Waals surface area contributed by atoms with Gasteiger partial charge in [-0.25, -0.2) is 0 Å². The van der Waals surface area contributed by atoms with Crippen molar-refractivity contribution in [2.75, 3.05) is 18.5 Å². The molecule has 0 fully saturated rings. The number of rotatable bonds is 3. The van der Waals surface area contributed by atoms with E-state index >= 15 is 0 Å². The monoisotopic (exact) mass is 566 g/mol. The molecule has 3 aromatic carbocycles. The second-order valence-corrected chi connectivity index (χ2v) is 12.1. The van der Waals surface area contributed by atoms with Crippen molar-refractivity contribution in [3.05, 3.63) is 94.8 Å². The lowest BCUT2D eigenvalue weighted by Crippen LogP contribution is -3.00. The third-order valence-corrected chi connectivity index (χ3v) is 8.80. The number of phenolic OH excluding ortho intramolecular Hbond substituents is 1. The summed E-state index contributed by atoms with van der Waals surface area (Å²) in [4.78, 5) is 2.54. The van der Waals surface area contributed by atoms with Crippen molar-refractivity contribution in [3.8, 4) is 28.2 Å². The fraction of sp³-hybridized carbons (Fsp3) is 0.306. The highest BCUT2D eigenvalue weighted by Gasteiger charge is 2.36. The third kappa shape index (κ3) is 4.89. The van der Waals surface area contributed by atoms with E-state index in [1.807, 2.05) is 19.2 Å². The summed E-state index contributed by atoms with van der Waals surface area (Å²) in [7, 11) is 2.04. The quantitative estimate of drug-likeness (QED) is 0.235. The normalized spacial score (nSPS) is 16.9. The summed E-state index contributed by atoms with van der Waals surface area (Å²) in [6.45, 7) is 14.6. The van der Waals surface area contributed by atoms with E-state index in [-0.39, 0.29) is 23.7 Å². The predicted octanol–water partition coefficient (Wildman–Crippen LogP) is 5.38. The third-order valence-electron chi connectivity index (χ3n) is 8.80. The number of aromatic hydroxyl groups is 1. The molecule has 1 atom stereocenters. The Morgan fingerprint density at radius 1 is 0.951 bits per heavy atom. The minimum atomic E-state index is 0. The molecule has 0 amide bonds. The van der Waals surface area contributed by atoms with Crippen molar-refractivity contribution in [2.24, 2.45) is 0 Å². The molecule has 3 aromatic rings. The molecule has 0 spiro atoms. The molecule has 5 heteroatoms. The second-order valence-electron chi connectivity index (χ2n) is 12.1. The van der Waals surface area contributed by atoms with E-state index in [9.17, 15) is 5.11 Å². The summed E-state index contributed by atoms with van der Waals surface area (Å²) in [6.07, 6.45) is 1.12. The lowest BCUT2D eigenvalue weighted by molar-refractivity contribution is -0.0000102. The molecule has 2 aliphatic heterocycles. The van der Waals surface area contributed by atoms with Gasteiger partial charge in [-0.3, -0.25) is 0 Å². The van der Waals surface area contributed by atoms with Gasteiger partial charge >= 0.3 is 0 Å². The van der Waals surface area contributed by atoms with E-state index in [1.54, 1.807) is 12.1 Å². The molecular formula is C36H39ClN2O2. The number of benzene rings is 4. The fourth-order valence-electron chi connectivity index (χ4n) is 6.87. The highest BCUT2D eigenvalue weighted by Crippen LogP contribution is 2.48. The van der Waals surface area contributed by atoms with Gasteiger partial charge in [0.25, 0.3) is 0 Å². The van der Waals surface area contributed by atoms with Crippen LogP contribution in [0.4, 0.5) is 11.4 Å². The molecule has 0 aromatic heterocycles. The lowest BCUT2D eigenvalue weighted by atomic mass is 9.79. The Bertz CT molecular complexity index is 1800. The van der Waals surface area contributed by atoms with E-state index in [1.165, 1.54) is 38.9 Å². The molecule has 4 nitrogen and oxygen atoms in total. The van der Waals surface area contributed by atoms with Crippen LogP contribution in [0.25, 0.3) is 33.4 Å². The van der Waals surface area contributed by atoms with E-state index in [2.05, 4.69) is 99.5 Å². The summed E-state index contributed by atoms with van der Waals surface area (Å²) in [6, 6.07) is 25.2. The highest BCUT2D eigenvalue weighted by atomic mass is 35.5. The van der Waals surface area contributed by atoms with Crippen LogP contribution < -0.4 is 27.2 Å². The topological polar surface area (TPSA) is 39.6 Å². The SMILES string of the molecule is CCN1c2cc3oc4cc(=[N+](C)c5ccc(O)cc5)ccc-4c(-c4ccc(C)cc4C)c3cc2C(C)CC1(C)C.[Cl-]. The minimum absolute atomic E-state index is 0. The number of phenols is 1. The molecule has 0 saturated heterocycles. The largest absolute Gasteiger partial charge is 1.00 e. The Labute approximate surface area is 249 Å². The van der Waals surface area contributed by atoms with Crippen molar-refractivity contribution >= 4 is 22.3 Å².